The summed E-state index contributed by atoms with van der Waals surface area (Å²) < 4.78 is 1.80. The van der Waals surface area contributed by atoms with Gasteiger partial charge < -0.3 is 5.11 Å². The number of halogens is 1. The molecule has 154 valence electrons. The van der Waals surface area contributed by atoms with Crippen LogP contribution < -0.4 is 5.56 Å². The van der Waals surface area contributed by atoms with E-state index in [1.165, 1.54) is 18.2 Å². The molecule has 4 aromatic rings. The van der Waals surface area contributed by atoms with Gasteiger partial charge in [0.25, 0.3) is 11.2 Å². The van der Waals surface area contributed by atoms with Crippen LogP contribution in [0.1, 0.15) is 16.1 Å². The van der Waals surface area contributed by atoms with Gasteiger partial charge in [0.2, 0.25) is 0 Å². The number of aromatic nitrogens is 1. The first-order valence-electron chi connectivity index (χ1n) is 9.25. The Bertz CT molecular complexity index is 1400. The van der Waals surface area contributed by atoms with E-state index in [0.717, 1.165) is 4.57 Å². The first-order valence-corrected chi connectivity index (χ1v) is 10.0. The van der Waals surface area contributed by atoms with Crippen molar-refractivity contribution in [3.8, 4) is 11.1 Å². The van der Waals surface area contributed by atoms with Crippen LogP contribution in [0.2, 0.25) is 0 Å². The van der Waals surface area contributed by atoms with Crippen LogP contribution in [-0.2, 0) is 6.54 Å². The molecule has 1 N–H and O–H groups in total. The van der Waals surface area contributed by atoms with Crippen LogP contribution in [0.15, 0.2) is 82.1 Å². The number of carboxylic acids is 1. The Kier molecular flexibility index (Phi) is 5.39. The standard InChI is InChI=1S/C23H15BrN2O5/c24-16-10-11-17-18(12-16)20(14-6-2-1-3-7-14)21(23(28)29)25(22(17)27)13-15-8-4-5-9-19(15)26(30)31/h1-12H,13H2,(H,28,29). The molecular weight excluding hydrogens is 464 g/mol. The van der Waals surface area contributed by atoms with Gasteiger partial charge in [-0.25, -0.2) is 4.79 Å². The van der Waals surface area contributed by atoms with Crippen molar-refractivity contribution in [3.05, 3.63) is 109 Å². The second-order valence-electron chi connectivity index (χ2n) is 6.86. The minimum absolute atomic E-state index is 0.178. The summed E-state index contributed by atoms with van der Waals surface area (Å²) >= 11 is 3.39. The molecule has 4 rings (SSSR count). The van der Waals surface area contributed by atoms with Gasteiger partial charge in [-0.05, 0) is 29.1 Å². The van der Waals surface area contributed by atoms with Gasteiger partial charge in [0, 0.05) is 27.1 Å². The lowest BCUT2D eigenvalue weighted by atomic mass is 9.96. The lowest BCUT2D eigenvalue weighted by molar-refractivity contribution is -0.385. The number of pyridine rings is 1. The van der Waals surface area contributed by atoms with Gasteiger partial charge in [0.1, 0.15) is 5.69 Å². The molecule has 0 aliphatic rings. The topological polar surface area (TPSA) is 102 Å². The molecule has 0 spiro atoms. The highest BCUT2D eigenvalue weighted by Crippen LogP contribution is 2.33. The maximum Gasteiger partial charge on any atom is 0.353 e. The monoisotopic (exact) mass is 478 g/mol. The number of nitrogens with zero attached hydrogens (tertiary/aromatic N) is 2. The Labute approximate surface area is 184 Å². The van der Waals surface area contributed by atoms with Crippen molar-refractivity contribution in [2.45, 2.75) is 6.54 Å². The predicted octanol–water partition coefficient (Wildman–Crippen LogP) is 5.09. The van der Waals surface area contributed by atoms with Gasteiger partial charge in [-0.1, -0.05) is 64.5 Å². The molecule has 0 radical (unpaired) electrons. The number of nitro groups is 1. The van der Waals surface area contributed by atoms with Crippen LogP contribution in [0.3, 0.4) is 0 Å². The first kappa shape index (κ1) is 20.5. The summed E-state index contributed by atoms with van der Waals surface area (Å²) in [6.45, 7) is -0.247. The minimum Gasteiger partial charge on any atom is -0.477 e. The van der Waals surface area contributed by atoms with Gasteiger partial charge in [0.05, 0.1) is 11.5 Å². The summed E-state index contributed by atoms with van der Waals surface area (Å²) in [6.07, 6.45) is 0. The van der Waals surface area contributed by atoms with Gasteiger partial charge in [-0.2, -0.15) is 0 Å². The lowest BCUT2D eigenvalue weighted by Gasteiger charge is -2.18. The maximum absolute atomic E-state index is 13.3. The zero-order valence-corrected chi connectivity index (χ0v) is 17.6. The van der Waals surface area contributed by atoms with Crippen molar-refractivity contribution in [3.63, 3.8) is 0 Å². The van der Waals surface area contributed by atoms with Crippen molar-refractivity contribution in [2.24, 2.45) is 0 Å². The third-order valence-corrected chi connectivity index (χ3v) is 5.51. The average Bonchev–Trinajstić information content (AvgIpc) is 2.75. The molecule has 1 heterocycles. The van der Waals surface area contributed by atoms with Crippen molar-refractivity contribution in [1.82, 2.24) is 4.57 Å². The number of para-hydroxylation sites is 1. The smallest absolute Gasteiger partial charge is 0.353 e. The number of benzene rings is 3. The summed E-state index contributed by atoms with van der Waals surface area (Å²) in [5, 5.41) is 22.4. The number of nitro benzene ring substituents is 1. The Hall–Kier alpha value is -3.78. The molecule has 0 saturated heterocycles. The number of rotatable bonds is 5. The molecule has 0 amide bonds. The predicted molar refractivity (Wildman–Crippen MR) is 121 cm³/mol. The molecule has 1 aromatic heterocycles. The average molecular weight is 479 g/mol. The van der Waals surface area contributed by atoms with E-state index < -0.39 is 16.5 Å². The van der Waals surface area contributed by atoms with Crippen LogP contribution in [0.4, 0.5) is 5.69 Å². The number of hydrogen-bond donors (Lipinski definition) is 1. The fourth-order valence-electron chi connectivity index (χ4n) is 3.68. The Morgan fingerprint density at radius 1 is 1.00 bits per heavy atom. The fraction of sp³-hybridized carbons (Fsp3) is 0.0435. The van der Waals surface area contributed by atoms with Crippen molar-refractivity contribution >= 4 is 38.4 Å². The number of fused-ring (bicyclic) bond motifs is 1. The Balaban J connectivity index is 2.12. The van der Waals surface area contributed by atoms with Gasteiger partial charge in [-0.3, -0.25) is 19.5 Å². The minimum atomic E-state index is -1.29. The largest absolute Gasteiger partial charge is 0.477 e. The highest BCUT2D eigenvalue weighted by Gasteiger charge is 2.25. The summed E-state index contributed by atoms with van der Waals surface area (Å²) in [7, 11) is 0. The van der Waals surface area contributed by atoms with Crippen LogP contribution in [0, 0.1) is 10.1 Å². The van der Waals surface area contributed by atoms with E-state index in [0.29, 0.717) is 26.4 Å². The first-order chi connectivity index (χ1) is 14.9. The van der Waals surface area contributed by atoms with E-state index in [-0.39, 0.29) is 23.5 Å². The van der Waals surface area contributed by atoms with Gasteiger partial charge >= 0.3 is 5.97 Å². The lowest BCUT2D eigenvalue weighted by Crippen LogP contribution is -2.28. The van der Waals surface area contributed by atoms with Crippen LogP contribution in [-0.4, -0.2) is 20.6 Å². The van der Waals surface area contributed by atoms with Crippen LogP contribution in [0.5, 0.6) is 0 Å². The molecule has 0 unspecified atom stereocenters. The molecular formula is C23H15BrN2O5. The molecule has 0 aliphatic heterocycles. The zero-order valence-electron chi connectivity index (χ0n) is 16.0. The second-order valence-corrected chi connectivity index (χ2v) is 7.78. The van der Waals surface area contributed by atoms with Crippen molar-refractivity contribution in [2.75, 3.05) is 0 Å². The van der Waals surface area contributed by atoms with E-state index >= 15 is 0 Å². The number of hydrogen-bond acceptors (Lipinski definition) is 4. The Morgan fingerprint density at radius 3 is 2.35 bits per heavy atom. The van der Waals surface area contributed by atoms with Gasteiger partial charge in [-0.15, -0.1) is 0 Å². The van der Waals surface area contributed by atoms with Crippen LogP contribution in [0.25, 0.3) is 21.9 Å². The highest BCUT2D eigenvalue weighted by molar-refractivity contribution is 9.10. The van der Waals surface area contributed by atoms with E-state index in [2.05, 4.69) is 15.9 Å². The summed E-state index contributed by atoms with van der Waals surface area (Å²) in [4.78, 5) is 36.7. The molecule has 0 aliphatic carbocycles. The van der Waals surface area contributed by atoms with E-state index in [9.17, 15) is 24.8 Å². The molecule has 0 saturated carbocycles. The number of carbonyl (C=O) groups is 1. The third-order valence-electron chi connectivity index (χ3n) is 5.02. The molecule has 8 heteroatoms. The van der Waals surface area contributed by atoms with E-state index in [1.54, 1.807) is 48.5 Å². The zero-order chi connectivity index (χ0) is 22.1. The summed E-state index contributed by atoms with van der Waals surface area (Å²) in [5.74, 6) is -1.29. The Morgan fingerprint density at radius 2 is 1.68 bits per heavy atom. The molecule has 3 aromatic carbocycles. The van der Waals surface area contributed by atoms with Crippen molar-refractivity contribution < 1.29 is 14.8 Å². The van der Waals surface area contributed by atoms with Crippen molar-refractivity contribution in [1.29, 1.82) is 0 Å². The van der Waals surface area contributed by atoms with E-state index in [1.807, 2.05) is 6.07 Å². The molecule has 0 bridgehead atoms. The summed E-state index contributed by atoms with van der Waals surface area (Å²) in [5.41, 5.74) is 0.315. The second kappa shape index (κ2) is 8.16. The molecule has 0 atom stereocenters. The quantitative estimate of drug-likeness (QED) is 0.318. The third kappa shape index (κ3) is 3.73. The highest BCUT2D eigenvalue weighted by atomic mass is 79.9. The number of carboxylic acid groups (broad SMARTS) is 1. The number of aromatic carboxylic acids is 1. The van der Waals surface area contributed by atoms with E-state index in [4.69, 9.17) is 0 Å². The summed E-state index contributed by atoms with van der Waals surface area (Å²) in [6, 6.07) is 19.9. The fourth-order valence-corrected chi connectivity index (χ4v) is 4.04. The van der Waals surface area contributed by atoms with Gasteiger partial charge in [0.15, 0.2) is 0 Å². The molecule has 0 fully saturated rings. The maximum atomic E-state index is 13.3. The SMILES string of the molecule is O=C(O)c1c(-c2ccccc2)c2cc(Br)ccc2c(=O)n1Cc1ccccc1[N+](=O)[O-]. The van der Waals surface area contributed by atoms with Crippen LogP contribution >= 0.6 is 15.9 Å². The normalized spacial score (nSPS) is 10.9. The molecule has 7 nitrogen and oxygen atoms in total. The molecule has 31 heavy (non-hydrogen) atoms.